The number of anilines is 3. The van der Waals surface area contributed by atoms with Crippen molar-refractivity contribution in [1.82, 2.24) is 9.13 Å². The maximum Gasteiger partial charge on any atom is 0.0541 e. The van der Waals surface area contributed by atoms with Crippen LogP contribution in [0.2, 0.25) is 0 Å². The van der Waals surface area contributed by atoms with E-state index in [1.165, 1.54) is 116 Å². The topological polar surface area (TPSA) is 13.1 Å². The molecule has 358 valence electrons. The number of benzene rings is 12. The SMILES string of the molecule is CC1(C)c2cc(N(c3ccc(-c4ccc(-c5ccccc5)cc4)cc3)c3ccc(-c4ccc5c(c4)c4ccccc4n5-c4ccccc4)c4ccccc34)ccc2-c2ccc(-n3c4ccccc4c4ccccc43)cc21. The van der Waals surface area contributed by atoms with Crippen molar-refractivity contribution in [1.29, 1.82) is 0 Å². The standard InChI is InChI=1S/C73H51N3/c1-73(2)66-46-55(38-40-59(66)60-41-39-56(47-67(60)73)76-68-26-14-11-23-62(68)63-24-12-15-27-69(63)76)74(54-36-33-51(34-37-54)50-31-29-49(30-32-50)48-17-5-3-6-18-48)71-44-42-57(58-21-9-10-22-61(58)71)52-35-43-72-65(45-52)64-25-13-16-28-70(64)75(72)53-19-7-4-8-20-53/h3-47H,1-2H3. The van der Waals surface area contributed by atoms with E-state index < -0.39 is 0 Å². The van der Waals surface area contributed by atoms with Crippen molar-refractivity contribution in [2.45, 2.75) is 19.3 Å². The van der Waals surface area contributed by atoms with Crippen LogP contribution in [0.5, 0.6) is 0 Å². The van der Waals surface area contributed by atoms with Gasteiger partial charge < -0.3 is 14.0 Å². The molecule has 3 nitrogen and oxygen atoms in total. The molecule has 0 atom stereocenters. The Bertz CT molecular complexity index is 4520. The van der Waals surface area contributed by atoms with Gasteiger partial charge in [-0.3, -0.25) is 0 Å². The van der Waals surface area contributed by atoms with Gasteiger partial charge in [0, 0.05) is 55.1 Å². The summed E-state index contributed by atoms with van der Waals surface area (Å²) in [5.74, 6) is 0. The fraction of sp³-hybridized carbons (Fsp3) is 0.0411. The van der Waals surface area contributed by atoms with Gasteiger partial charge in [-0.1, -0.05) is 202 Å². The summed E-state index contributed by atoms with van der Waals surface area (Å²) in [4.78, 5) is 2.48. The van der Waals surface area contributed by atoms with Gasteiger partial charge in [0.2, 0.25) is 0 Å². The highest BCUT2D eigenvalue weighted by atomic mass is 15.1. The minimum absolute atomic E-state index is 0.273. The van der Waals surface area contributed by atoms with Gasteiger partial charge in [0.1, 0.15) is 0 Å². The summed E-state index contributed by atoms with van der Waals surface area (Å²) in [5.41, 5.74) is 22.7. The molecule has 2 aromatic heterocycles. The minimum Gasteiger partial charge on any atom is -0.310 e. The quantitative estimate of drug-likeness (QED) is 0.148. The third kappa shape index (κ3) is 6.82. The number of fused-ring (bicyclic) bond motifs is 10. The fourth-order valence-electron chi connectivity index (χ4n) is 12.6. The van der Waals surface area contributed by atoms with Gasteiger partial charge in [-0.05, 0) is 146 Å². The molecular formula is C73H51N3. The normalized spacial score (nSPS) is 12.7. The Morgan fingerprint density at radius 1 is 0.276 bits per heavy atom. The Morgan fingerprint density at radius 2 is 0.711 bits per heavy atom. The van der Waals surface area contributed by atoms with Crippen LogP contribution in [0.15, 0.2) is 273 Å². The average Bonchev–Trinajstić information content (AvgIpc) is 4.18. The second-order valence-corrected chi connectivity index (χ2v) is 20.9. The molecule has 1 aliphatic carbocycles. The van der Waals surface area contributed by atoms with Gasteiger partial charge in [-0.15, -0.1) is 0 Å². The van der Waals surface area contributed by atoms with Crippen LogP contribution in [0.3, 0.4) is 0 Å². The second kappa shape index (κ2) is 17.2. The van der Waals surface area contributed by atoms with Crippen LogP contribution in [-0.2, 0) is 5.41 Å². The van der Waals surface area contributed by atoms with Crippen molar-refractivity contribution in [3.8, 4) is 55.9 Å². The first-order valence-electron chi connectivity index (χ1n) is 26.4. The zero-order chi connectivity index (χ0) is 50.5. The molecule has 0 saturated carbocycles. The number of nitrogens with zero attached hydrogens (tertiary/aromatic N) is 3. The number of hydrogen-bond donors (Lipinski definition) is 0. The Hall–Kier alpha value is -9.70. The molecule has 0 saturated heterocycles. The molecule has 1 aliphatic rings. The molecule has 0 fully saturated rings. The number of aromatic nitrogens is 2. The smallest absolute Gasteiger partial charge is 0.0541 e. The van der Waals surface area contributed by atoms with E-state index in [9.17, 15) is 0 Å². The maximum atomic E-state index is 2.48. The molecule has 14 aromatic rings. The zero-order valence-electron chi connectivity index (χ0n) is 42.3. The first kappa shape index (κ1) is 43.8. The lowest BCUT2D eigenvalue weighted by atomic mass is 9.82. The molecule has 2 heterocycles. The van der Waals surface area contributed by atoms with E-state index in [4.69, 9.17) is 0 Å². The average molecular weight is 970 g/mol. The van der Waals surface area contributed by atoms with Gasteiger partial charge >= 0.3 is 0 Å². The van der Waals surface area contributed by atoms with Crippen LogP contribution < -0.4 is 4.90 Å². The van der Waals surface area contributed by atoms with Crippen LogP contribution in [0.25, 0.3) is 110 Å². The van der Waals surface area contributed by atoms with Crippen molar-refractivity contribution in [2.75, 3.05) is 4.90 Å². The molecule has 3 heteroatoms. The van der Waals surface area contributed by atoms with Crippen LogP contribution in [0.4, 0.5) is 17.1 Å². The van der Waals surface area contributed by atoms with E-state index in [1.807, 2.05) is 0 Å². The third-order valence-corrected chi connectivity index (χ3v) is 16.3. The summed E-state index contributed by atoms with van der Waals surface area (Å²) < 4.78 is 4.83. The summed E-state index contributed by atoms with van der Waals surface area (Å²) in [7, 11) is 0. The van der Waals surface area contributed by atoms with Crippen molar-refractivity contribution in [2.24, 2.45) is 0 Å². The van der Waals surface area contributed by atoms with E-state index in [-0.39, 0.29) is 5.41 Å². The zero-order valence-corrected chi connectivity index (χ0v) is 42.3. The van der Waals surface area contributed by atoms with Crippen molar-refractivity contribution in [3.05, 3.63) is 284 Å². The van der Waals surface area contributed by atoms with E-state index in [0.717, 1.165) is 22.7 Å². The monoisotopic (exact) mass is 969 g/mol. The first-order chi connectivity index (χ1) is 37.5. The lowest BCUT2D eigenvalue weighted by molar-refractivity contribution is 0.660. The highest BCUT2D eigenvalue weighted by Crippen LogP contribution is 2.52. The summed E-state index contributed by atoms with van der Waals surface area (Å²) in [6.07, 6.45) is 0. The highest BCUT2D eigenvalue weighted by molar-refractivity contribution is 6.13. The van der Waals surface area contributed by atoms with E-state index in [0.29, 0.717) is 0 Å². The lowest BCUT2D eigenvalue weighted by Crippen LogP contribution is -2.17. The Kier molecular flexibility index (Phi) is 9.92. The van der Waals surface area contributed by atoms with Gasteiger partial charge in [0.15, 0.2) is 0 Å². The van der Waals surface area contributed by atoms with Crippen molar-refractivity contribution < 1.29 is 0 Å². The van der Waals surface area contributed by atoms with Crippen LogP contribution in [0.1, 0.15) is 25.0 Å². The largest absolute Gasteiger partial charge is 0.310 e. The lowest BCUT2D eigenvalue weighted by Gasteiger charge is -2.29. The van der Waals surface area contributed by atoms with E-state index >= 15 is 0 Å². The van der Waals surface area contributed by atoms with Crippen molar-refractivity contribution >= 4 is 71.4 Å². The van der Waals surface area contributed by atoms with Gasteiger partial charge in [-0.25, -0.2) is 0 Å². The second-order valence-electron chi connectivity index (χ2n) is 20.9. The number of rotatable bonds is 8. The molecule has 12 aromatic carbocycles. The van der Waals surface area contributed by atoms with Crippen LogP contribution in [-0.4, -0.2) is 9.13 Å². The molecule has 76 heavy (non-hydrogen) atoms. The number of hydrogen-bond acceptors (Lipinski definition) is 1. The van der Waals surface area contributed by atoms with Gasteiger partial charge in [0.05, 0.1) is 27.8 Å². The maximum absolute atomic E-state index is 2.48. The molecule has 0 amide bonds. The summed E-state index contributed by atoms with van der Waals surface area (Å²) >= 11 is 0. The molecule has 0 N–H and O–H groups in total. The first-order valence-corrected chi connectivity index (χ1v) is 26.4. The molecule has 0 spiro atoms. The van der Waals surface area contributed by atoms with Crippen LogP contribution >= 0.6 is 0 Å². The molecule has 0 radical (unpaired) electrons. The van der Waals surface area contributed by atoms with E-state index in [2.05, 4.69) is 301 Å². The Balaban J connectivity index is 0.867. The Labute approximate surface area is 442 Å². The minimum atomic E-state index is -0.273. The van der Waals surface area contributed by atoms with E-state index in [1.54, 1.807) is 0 Å². The van der Waals surface area contributed by atoms with Gasteiger partial charge in [0.25, 0.3) is 0 Å². The molecule has 0 aliphatic heterocycles. The number of para-hydroxylation sites is 4. The third-order valence-electron chi connectivity index (χ3n) is 16.3. The molecule has 15 rings (SSSR count). The summed E-state index contributed by atoms with van der Waals surface area (Å²) in [6.45, 7) is 4.80. The summed E-state index contributed by atoms with van der Waals surface area (Å²) in [5, 5.41) is 7.42. The summed E-state index contributed by atoms with van der Waals surface area (Å²) in [6, 6.07) is 101. The predicted molar refractivity (Wildman–Crippen MR) is 321 cm³/mol. The Morgan fingerprint density at radius 3 is 1.34 bits per heavy atom. The van der Waals surface area contributed by atoms with Gasteiger partial charge in [-0.2, -0.15) is 0 Å². The van der Waals surface area contributed by atoms with Crippen molar-refractivity contribution in [3.63, 3.8) is 0 Å². The fourth-order valence-corrected chi connectivity index (χ4v) is 12.6. The van der Waals surface area contributed by atoms with Crippen LogP contribution in [0, 0.1) is 0 Å². The molecular weight excluding hydrogens is 919 g/mol. The molecule has 0 unspecified atom stereocenters. The molecule has 0 bridgehead atoms. The predicted octanol–water partition coefficient (Wildman–Crippen LogP) is 19.8. The highest BCUT2D eigenvalue weighted by Gasteiger charge is 2.37.